The number of rotatable bonds is 6. The molecule has 0 saturated carbocycles. The van der Waals surface area contributed by atoms with Gasteiger partial charge < -0.3 is 14.8 Å². The summed E-state index contributed by atoms with van der Waals surface area (Å²) in [6, 6.07) is 11.3. The minimum atomic E-state index is -1.21. The largest absolute Gasteiger partial charge is 0.466 e. The SMILES string of the molecule is Cc1cc(NCC(C)(O)c2ccco2)nc(-c2cccc([N+](=O)[O-])c2)n1. The van der Waals surface area contributed by atoms with E-state index in [0.29, 0.717) is 28.7 Å². The van der Waals surface area contributed by atoms with Crippen LogP contribution in [-0.4, -0.2) is 26.5 Å². The quantitative estimate of drug-likeness (QED) is 0.515. The lowest BCUT2D eigenvalue weighted by Gasteiger charge is -2.21. The molecule has 1 atom stereocenters. The van der Waals surface area contributed by atoms with Crippen LogP contribution in [0.15, 0.2) is 53.1 Å². The van der Waals surface area contributed by atoms with Crippen molar-refractivity contribution in [2.24, 2.45) is 0 Å². The number of furan rings is 1. The first-order valence-electron chi connectivity index (χ1n) is 7.96. The van der Waals surface area contributed by atoms with Crippen molar-refractivity contribution in [3.05, 3.63) is 70.3 Å². The van der Waals surface area contributed by atoms with Crippen LogP contribution in [0, 0.1) is 17.0 Å². The second-order valence-corrected chi connectivity index (χ2v) is 6.13. The lowest BCUT2D eigenvalue weighted by molar-refractivity contribution is -0.384. The van der Waals surface area contributed by atoms with Crippen LogP contribution in [0.25, 0.3) is 11.4 Å². The summed E-state index contributed by atoms with van der Waals surface area (Å²) in [7, 11) is 0. The van der Waals surface area contributed by atoms with Crippen LogP contribution in [0.1, 0.15) is 18.4 Å². The number of nitro groups is 1. The molecule has 3 aromatic rings. The number of nitro benzene ring substituents is 1. The van der Waals surface area contributed by atoms with E-state index in [-0.39, 0.29) is 12.2 Å². The van der Waals surface area contributed by atoms with Gasteiger partial charge in [0, 0.05) is 29.5 Å². The van der Waals surface area contributed by atoms with Crippen molar-refractivity contribution in [3.63, 3.8) is 0 Å². The van der Waals surface area contributed by atoms with Gasteiger partial charge in [-0.1, -0.05) is 12.1 Å². The first kappa shape index (κ1) is 17.6. The van der Waals surface area contributed by atoms with Gasteiger partial charge in [0.15, 0.2) is 5.82 Å². The highest BCUT2D eigenvalue weighted by atomic mass is 16.6. The molecule has 0 aliphatic carbocycles. The fourth-order valence-electron chi connectivity index (χ4n) is 2.48. The maximum atomic E-state index is 11.0. The number of aliphatic hydroxyl groups is 1. The highest BCUT2D eigenvalue weighted by molar-refractivity contribution is 5.61. The van der Waals surface area contributed by atoms with Gasteiger partial charge in [-0.2, -0.15) is 0 Å². The Bertz CT molecular complexity index is 923. The van der Waals surface area contributed by atoms with Gasteiger partial charge in [-0.25, -0.2) is 9.97 Å². The maximum Gasteiger partial charge on any atom is 0.270 e. The molecule has 8 heteroatoms. The van der Waals surface area contributed by atoms with Crippen molar-refractivity contribution >= 4 is 11.5 Å². The van der Waals surface area contributed by atoms with Crippen molar-refractivity contribution in [1.29, 1.82) is 0 Å². The molecule has 0 radical (unpaired) electrons. The molecular weight excluding hydrogens is 336 g/mol. The first-order chi connectivity index (χ1) is 12.3. The van der Waals surface area contributed by atoms with E-state index >= 15 is 0 Å². The molecule has 0 aliphatic heterocycles. The lowest BCUT2D eigenvalue weighted by atomic mass is 10.0. The van der Waals surface area contributed by atoms with E-state index in [0.717, 1.165) is 0 Å². The van der Waals surface area contributed by atoms with Gasteiger partial charge in [0.05, 0.1) is 17.7 Å². The molecule has 26 heavy (non-hydrogen) atoms. The molecule has 134 valence electrons. The zero-order valence-electron chi connectivity index (χ0n) is 14.3. The third-order valence-electron chi connectivity index (χ3n) is 3.84. The fourth-order valence-corrected chi connectivity index (χ4v) is 2.48. The minimum absolute atomic E-state index is 0.0251. The molecule has 2 aromatic heterocycles. The van der Waals surface area contributed by atoms with Crippen LogP contribution in [0.5, 0.6) is 0 Å². The van der Waals surface area contributed by atoms with Gasteiger partial charge in [-0.05, 0) is 26.0 Å². The second kappa shape index (κ2) is 6.93. The Morgan fingerprint density at radius 2 is 2.08 bits per heavy atom. The Balaban J connectivity index is 1.84. The average Bonchev–Trinajstić information content (AvgIpc) is 3.15. The van der Waals surface area contributed by atoms with Crippen molar-refractivity contribution in [1.82, 2.24) is 9.97 Å². The van der Waals surface area contributed by atoms with E-state index in [1.54, 1.807) is 44.2 Å². The standard InChI is InChI=1S/C18H18N4O4/c1-12-9-16(19-11-18(2,23)15-7-4-8-26-15)21-17(20-12)13-5-3-6-14(10-13)22(24)25/h3-10,23H,11H2,1-2H3,(H,19,20,21). The van der Waals surface area contributed by atoms with Crippen LogP contribution in [0.3, 0.4) is 0 Å². The average molecular weight is 354 g/mol. The Kier molecular flexibility index (Phi) is 4.68. The van der Waals surface area contributed by atoms with E-state index in [1.165, 1.54) is 18.4 Å². The van der Waals surface area contributed by atoms with Crippen LogP contribution in [0.4, 0.5) is 11.5 Å². The normalized spacial score (nSPS) is 13.2. The van der Waals surface area contributed by atoms with Gasteiger partial charge in [-0.15, -0.1) is 0 Å². The predicted molar refractivity (Wildman–Crippen MR) is 95.6 cm³/mol. The van der Waals surface area contributed by atoms with E-state index < -0.39 is 10.5 Å². The number of hydrogen-bond donors (Lipinski definition) is 2. The molecule has 3 rings (SSSR count). The molecule has 0 fully saturated rings. The number of nitrogens with one attached hydrogen (secondary N) is 1. The molecule has 0 aliphatic rings. The Morgan fingerprint density at radius 1 is 1.27 bits per heavy atom. The number of anilines is 1. The van der Waals surface area contributed by atoms with Crippen molar-refractivity contribution < 1.29 is 14.4 Å². The molecule has 0 saturated heterocycles. The summed E-state index contributed by atoms with van der Waals surface area (Å²) in [5.41, 5.74) is 0.00175. The van der Waals surface area contributed by atoms with E-state index in [2.05, 4.69) is 15.3 Å². The molecule has 0 spiro atoms. The predicted octanol–water partition coefficient (Wildman–Crippen LogP) is 3.27. The molecule has 0 bridgehead atoms. The zero-order valence-corrected chi connectivity index (χ0v) is 14.3. The fraction of sp³-hybridized carbons (Fsp3) is 0.222. The topological polar surface area (TPSA) is 114 Å². The zero-order chi connectivity index (χ0) is 18.7. The summed E-state index contributed by atoms with van der Waals surface area (Å²) < 4.78 is 5.25. The highest BCUT2D eigenvalue weighted by Crippen LogP contribution is 2.24. The molecule has 0 amide bonds. The Hall–Kier alpha value is -3.26. The van der Waals surface area contributed by atoms with Gasteiger partial charge in [-0.3, -0.25) is 10.1 Å². The van der Waals surface area contributed by atoms with Crippen molar-refractivity contribution in [3.8, 4) is 11.4 Å². The summed E-state index contributed by atoms with van der Waals surface area (Å²) in [6.45, 7) is 3.61. The Labute approximate surface area is 149 Å². The van der Waals surface area contributed by atoms with Crippen molar-refractivity contribution in [2.75, 3.05) is 11.9 Å². The number of nitrogens with zero attached hydrogens (tertiary/aromatic N) is 3. The highest BCUT2D eigenvalue weighted by Gasteiger charge is 2.26. The first-order valence-corrected chi connectivity index (χ1v) is 7.96. The Morgan fingerprint density at radius 3 is 2.77 bits per heavy atom. The lowest BCUT2D eigenvalue weighted by Crippen LogP contribution is -2.30. The minimum Gasteiger partial charge on any atom is -0.466 e. The second-order valence-electron chi connectivity index (χ2n) is 6.13. The molecular formula is C18H18N4O4. The van der Waals surface area contributed by atoms with Crippen LogP contribution >= 0.6 is 0 Å². The molecule has 2 heterocycles. The number of non-ortho nitro benzene ring substituents is 1. The molecule has 1 aromatic carbocycles. The summed E-state index contributed by atoms with van der Waals surface area (Å²) in [5, 5.41) is 24.5. The number of aryl methyl sites for hydroxylation is 1. The van der Waals surface area contributed by atoms with E-state index in [1.807, 2.05) is 0 Å². The van der Waals surface area contributed by atoms with Crippen LogP contribution in [-0.2, 0) is 5.60 Å². The number of aromatic nitrogens is 2. The van der Waals surface area contributed by atoms with Crippen LogP contribution < -0.4 is 5.32 Å². The number of hydrogen-bond acceptors (Lipinski definition) is 7. The van der Waals surface area contributed by atoms with Crippen LogP contribution in [0.2, 0.25) is 0 Å². The van der Waals surface area contributed by atoms with E-state index in [4.69, 9.17) is 4.42 Å². The molecule has 8 nitrogen and oxygen atoms in total. The third kappa shape index (κ3) is 3.86. The van der Waals surface area contributed by atoms with Gasteiger partial charge in [0.25, 0.3) is 5.69 Å². The molecule has 2 N–H and O–H groups in total. The van der Waals surface area contributed by atoms with Crippen molar-refractivity contribution in [2.45, 2.75) is 19.4 Å². The summed E-state index contributed by atoms with van der Waals surface area (Å²) in [4.78, 5) is 19.2. The van der Waals surface area contributed by atoms with Gasteiger partial charge >= 0.3 is 0 Å². The summed E-state index contributed by atoms with van der Waals surface area (Å²) in [6.07, 6.45) is 1.50. The monoisotopic (exact) mass is 354 g/mol. The van der Waals surface area contributed by atoms with Gasteiger partial charge in [0.2, 0.25) is 0 Å². The van der Waals surface area contributed by atoms with Gasteiger partial charge in [0.1, 0.15) is 17.2 Å². The molecule has 1 unspecified atom stereocenters. The maximum absolute atomic E-state index is 11.0. The number of benzene rings is 1. The third-order valence-corrected chi connectivity index (χ3v) is 3.84. The summed E-state index contributed by atoms with van der Waals surface area (Å²) >= 11 is 0. The smallest absolute Gasteiger partial charge is 0.270 e. The summed E-state index contributed by atoms with van der Waals surface area (Å²) in [5.74, 6) is 1.31. The van der Waals surface area contributed by atoms with E-state index in [9.17, 15) is 15.2 Å².